The standard InChI is InChI=1S/C21H26N4O4/c1-14(2)11-17(21(28)29)24-19(26)13-23-20(27)15-9-10-18(22-12-15)25(3)16-7-5-4-6-8-16/h4-10,12,14,17H,11,13H2,1-3H3,(H,23,27)(H,24,26)(H,28,29)/t17-/m0/s1. The van der Waals surface area contributed by atoms with E-state index in [1.165, 1.54) is 6.20 Å². The highest BCUT2D eigenvalue weighted by Crippen LogP contribution is 2.20. The molecule has 3 N–H and O–H groups in total. The van der Waals surface area contributed by atoms with Crippen LogP contribution < -0.4 is 15.5 Å². The van der Waals surface area contributed by atoms with Crippen LogP contribution in [0.5, 0.6) is 0 Å². The molecule has 0 saturated heterocycles. The summed E-state index contributed by atoms with van der Waals surface area (Å²) in [7, 11) is 1.87. The number of carboxylic acids is 1. The van der Waals surface area contributed by atoms with Crippen molar-refractivity contribution in [3.05, 3.63) is 54.2 Å². The van der Waals surface area contributed by atoms with Crippen LogP contribution in [0.15, 0.2) is 48.7 Å². The molecule has 29 heavy (non-hydrogen) atoms. The third-order valence-corrected chi connectivity index (χ3v) is 4.25. The first kappa shape index (κ1) is 21.9. The van der Waals surface area contributed by atoms with Crippen molar-refractivity contribution in [1.82, 2.24) is 15.6 Å². The monoisotopic (exact) mass is 398 g/mol. The number of carboxylic acid groups (broad SMARTS) is 1. The van der Waals surface area contributed by atoms with Crippen molar-refractivity contribution < 1.29 is 19.5 Å². The average Bonchev–Trinajstić information content (AvgIpc) is 2.71. The number of anilines is 2. The highest BCUT2D eigenvalue weighted by molar-refractivity contribution is 5.96. The third-order valence-electron chi connectivity index (χ3n) is 4.25. The first-order valence-electron chi connectivity index (χ1n) is 9.33. The van der Waals surface area contributed by atoms with Gasteiger partial charge in [0.15, 0.2) is 0 Å². The van der Waals surface area contributed by atoms with E-state index in [0.29, 0.717) is 17.8 Å². The van der Waals surface area contributed by atoms with E-state index in [0.717, 1.165) is 5.69 Å². The van der Waals surface area contributed by atoms with Crippen molar-refractivity contribution >= 4 is 29.3 Å². The van der Waals surface area contributed by atoms with Gasteiger partial charge < -0.3 is 20.6 Å². The molecule has 1 atom stereocenters. The van der Waals surface area contributed by atoms with Gasteiger partial charge in [0.2, 0.25) is 5.91 Å². The van der Waals surface area contributed by atoms with Crippen molar-refractivity contribution in [2.45, 2.75) is 26.3 Å². The summed E-state index contributed by atoms with van der Waals surface area (Å²) < 4.78 is 0. The molecular weight excluding hydrogens is 372 g/mol. The van der Waals surface area contributed by atoms with Gasteiger partial charge >= 0.3 is 5.97 Å². The number of benzene rings is 1. The molecule has 0 aliphatic rings. The molecule has 0 radical (unpaired) electrons. The molecule has 1 heterocycles. The Kier molecular flexibility index (Phi) is 7.70. The normalized spacial score (nSPS) is 11.6. The largest absolute Gasteiger partial charge is 0.480 e. The van der Waals surface area contributed by atoms with E-state index in [9.17, 15) is 14.4 Å². The maximum Gasteiger partial charge on any atom is 0.326 e. The van der Waals surface area contributed by atoms with Crippen LogP contribution in [0.4, 0.5) is 11.5 Å². The molecule has 154 valence electrons. The van der Waals surface area contributed by atoms with E-state index in [2.05, 4.69) is 15.6 Å². The van der Waals surface area contributed by atoms with Crippen LogP contribution in [0.3, 0.4) is 0 Å². The molecule has 0 spiro atoms. The molecule has 0 aliphatic heterocycles. The Morgan fingerprint density at radius 1 is 1.10 bits per heavy atom. The lowest BCUT2D eigenvalue weighted by atomic mass is 10.0. The SMILES string of the molecule is CC(C)C[C@H](NC(=O)CNC(=O)c1ccc(N(C)c2ccccc2)nc1)C(=O)O. The molecule has 0 fully saturated rings. The first-order valence-corrected chi connectivity index (χ1v) is 9.33. The zero-order valence-electron chi connectivity index (χ0n) is 16.8. The fraction of sp³-hybridized carbons (Fsp3) is 0.333. The van der Waals surface area contributed by atoms with Gasteiger partial charge in [-0.2, -0.15) is 0 Å². The van der Waals surface area contributed by atoms with Gasteiger partial charge in [0.05, 0.1) is 12.1 Å². The van der Waals surface area contributed by atoms with E-state index in [4.69, 9.17) is 5.11 Å². The zero-order valence-corrected chi connectivity index (χ0v) is 16.8. The van der Waals surface area contributed by atoms with Gasteiger partial charge in [-0.05, 0) is 36.6 Å². The van der Waals surface area contributed by atoms with Gasteiger partial charge in [0.25, 0.3) is 5.91 Å². The Hall–Kier alpha value is -3.42. The Balaban J connectivity index is 1.90. The molecule has 2 amide bonds. The highest BCUT2D eigenvalue weighted by Gasteiger charge is 2.21. The summed E-state index contributed by atoms with van der Waals surface area (Å²) in [6.07, 6.45) is 1.75. The lowest BCUT2D eigenvalue weighted by molar-refractivity contribution is -0.142. The van der Waals surface area contributed by atoms with E-state index >= 15 is 0 Å². The van der Waals surface area contributed by atoms with Gasteiger partial charge in [0, 0.05) is 18.9 Å². The number of nitrogens with one attached hydrogen (secondary N) is 2. The van der Waals surface area contributed by atoms with Crippen LogP contribution >= 0.6 is 0 Å². The molecule has 0 bridgehead atoms. The Morgan fingerprint density at radius 2 is 1.79 bits per heavy atom. The smallest absolute Gasteiger partial charge is 0.326 e. The van der Waals surface area contributed by atoms with Gasteiger partial charge in [-0.15, -0.1) is 0 Å². The van der Waals surface area contributed by atoms with Crippen molar-refractivity contribution in [3.63, 3.8) is 0 Å². The molecule has 2 aromatic rings. The Morgan fingerprint density at radius 3 is 2.34 bits per heavy atom. The number of hydrogen-bond donors (Lipinski definition) is 3. The van der Waals surface area contributed by atoms with E-state index in [1.807, 2.05) is 56.1 Å². The first-order chi connectivity index (χ1) is 13.8. The number of para-hydroxylation sites is 1. The van der Waals surface area contributed by atoms with Gasteiger partial charge in [0.1, 0.15) is 11.9 Å². The Bertz CT molecular complexity index is 838. The lowest BCUT2D eigenvalue weighted by Gasteiger charge is -2.18. The summed E-state index contributed by atoms with van der Waals surface area (Å²) in [5.74, 6) is -1.33. The number of aliphatic carboxylic acids is 1. The van der Waals surface area contributed by atoms with E-state index in [-0.39, 0.29) is 12.5 Å². The summed E-state index contributed by atoms with van der Waals surface area (Å²) in [6.45, 7) is 3.43. The number of pyridine rings is 1. The summed E-state index contributed by atoms with van der Waals surface area (Å²) in [6, 6.07) is 12.0. The number of carbonyl (C=O) groups is 3. The molecule has 0 unspecified atom stereocenters. The topological polar surface area (TPSA) is 112 Å². The number of hydrogen-bond acceptors (Lipinski definition) is 5. The van der Waals surface area contributed by atoms with Crippen molar-refractivity contribution in [1.29, 1.82) is 0 Å². The molecule has 8 heteroatoms. The van der Waals surface area contributed by atoms with E-state index < -0.39 is 23.8 Å². The molecule has 0 saturated carbocycles. The summed E-state index contributed by atoms with van der Waals surface area (Å²) >= 11 is 0. The number of amides is 2. The number of aromatic nitrogens is 1. The van der Waals surface area contributed by atoms with Gasteiger partial charge in [-0.1, -0.05) is 32.0 Å². The fourth-order valence-corrected chi connectivity index (χ4v) is 2.70. The van der Waals surface area contributed by atoms with Crippen LogP contribution in [-0.4, -0.2) is 47.5 Å². The molecule has 2 rings (SSSR count). The predicted octanol–water partition coefficient (Wildman–Crippen LogP) is 2.19. The van der Waals surface area contributed by atoms with Crippen LogP contribution in [0.1, 0.15) is 30.6 Å². The molecule has 8 nitrogen and oxygen atoms in total. The van der Waals surface area contributed by atoms with Crippen LogP contribution in [0, 0.1) is 5.92 Å². The lowest BCUT2D eigenvalue weighted by Crippen LogP contribution is -2.46. The number of nitrogens with zero attached hydrogens (tertiary/aromatic N) is 2. The fourth-order valence-electron chi connectivity index (χ4n) is 2.70. The quantitative estimate of drug-likeness (QED) is 0.597. The maximum atomic E-state index is 12.2. The van der Waals surface area contributed by atoms with Crippen molar-refractivity contribution in [2.24, 2.45) is 5.92 Å². The van der Waals surface area contributed by atoms with Crippen molar-refractivity contribution in [2.75, 3.05) is 18.5 Å². The molecule has 0 aliphatic carbocycles. The number of carbonyl (C=O) groups excluding carboxylic acids is 2. The third kappa shape index (κ3) is 6.60. The molecule has 1 aromatic heterocycles. The van der Waals surface area contributed by atoms with Gasteiger partial charge in [-0.25, -0.2) is 9.78 Å². The maximum absolute atomic E-state index is 12.2. The second-order valence-electron chi connectivity index (χ2n) is 7.07. The van der Waals surface area contributed by atoms with Gasteiger partial charge in [-0.3, -0.25) is 9.59 Å². The summed E-state index contributed by atoms with van der Waals surface area (Å²) in [4.78, 5) is 41.6. The van der Waals surface area contributed by atoms with E-state index in [1.54, 1.807) is 12.1 Å². The van der Waals surface area contributed by atoms with Crippen LogP contribution in [-0.2, 0) is 9.59 Å². The molecule has 1 aromatic carbocycles. The van der Waals surface area contributed by atoms with Crippen molar-refractivity contribution in [3.8, 4) is 0 Å². The minimum atomic E-state index is -1.10. The van der Waals surface area contributed by atoms with Crippen LogP contribution in [0.2, 0.25) is 0 Å². The minimum absolute atomic E-state index is 0.115. The predicted molar refractivity (Wildman–Crippen MR) is 110 cm³/mol. The van der Waals surface area contributed by atoms with Crippen LogP contribution in [0.25, 0.3) is 0 Å². The zero-order chi connectivity index (χ0) is 21.4. The Labute approximate surface area is 169 Å². The summed E-state index contributed by atoms with van der Waals surface area (Å²) in [5, 5.41) is 14.1. The average molecular weight is 398 g/mol. The second-order valence-corrected chi connectivity index (χ2v) is 7.07. The molecular formula is C21H26N4O4. The minimum Gasteiger partial charge on any atom is -0.480 e. The highest BCUT2D eigenvalue weighted by atomic mass is 16.4. The number of rotatable bonds is 9. The second kappa shape index (κ2) is 10.2. The summed E-state index contributed by atoms with van der Waals surface area (Å²) in [5.41, 5.74) is 1.27.